The van der Waals surface area contributed by atoms with Gasteiger partial charge in [-0.3, -0.25) is 4.79 Å². The molecule has 1 amide bonds. The van der Waals surface area contributed by atoms with Crippen LogP contribution in [0.1, 0.15) is 56.5 Å². The lowest BCUT2D eigenvalue weighted by Crippen LogP contribution is -2.30. The average molecular weight is 422 g/mol. The average Bonchev–Trinajstić information content (AvgIpc) is 3.13. The number of carbonyl (C=O) groups excluding carboxylic acids is 1. The van der Waals surface area contributed by atoms with Gasteiger partial charge in [0.25, 0.3) is 0 Å². The summed E-state index contributed by atoms with van der Waals surface area (Å²) < 4.78 is 8.16. The Hall–Kier alpha value is -2.82. The molecule has 1 N–H and O–H groups in total. The summed E-state index contributed by atoms with van der Waals surface area (Å²) in [6.45, 7) is 10.3. The highest BCUT2D eigenvalue weighted by molar-refractivity contribution is 5.79. The number of nitrogens with zero attached hydrogens (tertiary/aromatic N) is 2. The van der Waals surface area contributed by atoms with Crippen molar-refractivity contribution >= 4 is 16.9 Å². The van der Waals surface area contributed by atoms with Gasteiger partial charge in [-0.05, 0) is 74.9 Å². The summed E-state index contributed by atoms with van der Waals surface area (Å²) in [7, 11) is 0. The molecule has 0 fully saturated rings. The number of ether oxygens (including phenoxy) is 1. The quantitative estimate of drug-likeness (QED) is 0.412. The summed E-state index contributed by atoms with van der Waals surface area (Å²) >= 11 is 0. The van der Waals surface area contributed by atoms with Crippen molar-refractivity contribution in [1.29, 1.82) is 0 Å². The normalized spacial score (nSPS) is 11.3. The molecule has 3 rings (SSSR count). The number of hydrogen-bond donors (Lipinski definition) is 1. The third kappa shape index (κ3) is 5.87. The Morgan fingerprint density at radius 3 is 2.58 bits per heavy atom. The lowest BCUT2D eigenvalue weighted by molar-refractivity contribution is -0.125. The molecule has 3 aromatic rings. The van der Waals surface area contributed by atoms with Crippen LogP contribution in [0.15, 0.2) is 42.5 Å². The molecular weight excluding hydrogens is 386 g/mol. The van der Waals surface area contributed by atoms with Gasteiger partial charge in [0.15, 0.2) is 0 Å². The monoisotopic (exact) mass is 421 g/mol. The highest BCUT2D eigenvalue weighted by atomic mass is 16.5. The Bertz CT molecular complexity index is 1010. The number of benzene rings is 2. The van der Waals surface area contributed by atoms with E-state index in [1.165, 1.54) is 11.1 Å². The zero-order chi connectivity index (χ0) is 22.2. The summed E-state index contributed by atoms with van der Waals surface area (Å²) in [6, 6.07) is 14.4. The Balaban J connectivity index is 1.59. The second-order valence-corrected chi connectivity index (χ2v) is 8.20. The third-order valence-electron chi connectivity index (χ3n) is 6.03. The molecule has 166 valence electrons. The van der Waals surface area contributed by atoms with Crippen LogP contribution in [-0.2, 0) is 17.9 Å². The van der Waals surface area contributed by atoms with Crippen LogP contribution in [0.3, 0.4) is 0 Å². The van der Waals surface area contributed by atoms with Crippen molar-refractivity contribution in [3.05, 3.63) is 59.4 Å². The first kappa shape index (κ1) is 22.9. The molecule has 0 saturated carbocycles. The number of hydrogen-bond acceptors (Lipinski definition) is 3. The first-order valence-electron chi connectivity index (χ1n) is 11.4. The Labute approximate surface area is 185 Å². The summed E-state index contributed by atoms with van der Waals surface area (Å²) in [4.78, 5) is 17.2. The van der Waals surface area contributed by atoms with Crippen LogP contribution in [-0.4, -0.2) is 22.1 Å². The minimum absolute atomic E-state index is 0.0698. The second-order valence-electron chi connectivity index (χ2n) is 8.20. The van der Waals surface area contributed by atoms with Crippen molar-refractivity contribution in [2.24, 2.45) is 5.92 Å². The summed E-state index contributed by atoms with van der Waals surface area (Å²) in [6.07, 6.45) is 3.66. The smallest absolute Gasteiger partial charge is 0.223 e. The van der Waals surface area contributed by atoms with Gasteiger partial charge in [-0.1, -0.05) is 32.0 Å². The maximum Gasteiger partial charge on any atom is 0.223 e. The first-order valence-corrected chi connectivity index (χ1v) is 11.4. The minimum atomic E-state index is 0.0698. The molecule has 0 aliphatic rings. The van der Waals surface area contributed by atoms with Gasteiger partial charge in [-0.25, -0.2) is 4.98 Å². The SMILES string of the molecule is CCC(CC)C(=O)NCc1nc2ccccc2n1CCCCOc1ccc(C)c(C)c1. The van der Waals surface area contributed by atoms with Crippen molar-refractivity contribution in [3.8, 4) is 5.75 Å². The zero-order valence-corrected chi connectivity index (χ0v) is 19.3. The van der Waals surface area contributed by atoms with E-state index < -0.39 is 0 Å². The van der Waals surface area contributed by atoms with Crippen LogP contribution in [0.2, 0.25) is 0 Å². The molecule has 0 atom stereocenters. The van der Waals surface area contributed by atoms with Crippen LogP contribution in [0, 0.1) is 19.8 Å². The molecule has 5 nitrogen and oxygen atoms in total. The molecule has 31 heavy (non-hydrogen) atoms. The molecule has 0 unspecified atom stereocenters. The van der Waals surface area contributed by atoms with E-state index in [0.717, 1.165) is 54.8 Å². The standard InChI is InChI=1S/C26H35N3O2/c1-5-21(6-2)26(30)27-18-25-28-23-11-7-8-12-24(23)29(25)15-9-10-16-31-22-14-13-19(3)20(4)17-22/h7-8,11-14,17,21H,5-6,9-10,15-16,18H2,1-4H3,(H,27,30). The van der Waals surface area contributed by atoms with Crippen LogP contribution < -0.4 is 10.1 Å². The fourth-order valence-corrected chi connectivity index (χ4v) is 3.85. The van der Waals surface area contributed by atoms with E-state index in [1.807, 2.05) is 24.3 Å². The van der Waals surface area contributed by atoms with Gasteiger partial charge in [0.2, 0.25) is 5.91 Å². The molecule has 0 aliphatic heterocycles. The fraction of sp³-hybridized carbons (Fsp3) is 0.462. The van der Waals surface area contributed by atoms with E-state index >= 15 is 0 Å². The van der Waals surface area contributed by atoms with E-state index in [1.54, 1.807) is 0 Å². The van der Waals surface area contributed by atoms with Crippen LogP contribution in [0.25, 0.3) is 11.0 Å². The van der Waals surface area contributed by atoms with Crippen LogP contribution >= 0.6 is 0 Å². The molecule has 2 aromatic carbocycles. The number of fused-ring (bicyclic) bond motifs is 1. The molecule has 0 radical (unpaired) electrons. The molecule has 0 spiro atoms. The number of rotatable bonds is 11. The third-order valence-corrected chi connectivity index (χ3v) is 6.03. The summed E-state index contributed by atoms with van der Waals surface area (Å²) in [5, 5.41) is 3.09. The number of unbranched alkanes of at least 4 members (excludes halogenated alkanes) is 1. The predicted molar refractivity (Wildman–Crippen MR) is 126 cm³/mol. The number of para-hydroxylation sites is 2. The Morgan fingerprint density at radius 1 is 1.06 bits per heavy atom. The molecule has 0 bridgehead atoms. The van der Waals surface area contributed by atoms with E-state index in [4.69, 9.17) is 9.72 Å². The highest BCUT2D eigenvalue weighted by Gasteiger charge is 2.16. The number of aryl methyl sites for hydroxylation is 3. The molecule has 5 heteroatoms. The van der Waals surface area contributed by atoms with E-state index in [-0.39, 0.29) is 11.8 Å². The number of imidazole rings is 1. The second kappa shape index (κ2) is 11.0. The van der Waals surface area contributed by atoms with Crippen molar-refractivity contribution < 1.29 is 9.53 Å². The first-order chi connectivity index (χ1) is 15.0. The van der Waals surface area contributed by atoms with Gasteiger partial charge in [-0.2, -0.15) is 0 Å². The van der Waals surface area contributed by atoms with Crippen molar-refractivity contribution in [2.75, 3.05) is 6.61 Å². The van der Waals surface area contributed by atoms with Crippen molar-refractivity contribution in [1.82, 2.24) is 14.9 Å². The lowest BCUT2D eigenvalue weighted by atomic mass is 10.0. The molecular formula is C26H35N3O2. The number of aromatic nitrogens is 2. The molecule has 0 saturated heterocycles. The maximum absolute atomic E-state index is 12.4. The Morgan fingerprint density at radius 2 is 1.84 bits per heavy atom. The predicted octanol–water partition coefficient (Wildman–Crippen LogP) is 5.56. The fourth-order valence-electron chi connectivity index (χ4n) is 3.85. The van der Waals surface area contributed by atoms with Crippen molar-refractivity contribution in [3.63, 3.8) is 0 Å². The molecule has 1 heterocycles. The molecule has 1 aromatic heterocycles. The number of carbonyl (C=O) groups is 1. The van der Waals surface area contributed by atoms with E-state index in [0.29, 0.717) is 13.2 Å². The van der Waals surface area contributed by atoms with Gasteiger partial charge in [0, 0.05) is 12.5 Å². The Kier molecular flexibility index (Phi) is 8.10. The maximum atomic E-state index is 12.4. The van der Waals surface area contributed by atoms with Crippen molar-refractivity contribution in [2.45, 2.75) is 66.5 Å². The molecule has 0 aliphatic carbocycles. The number of amides is 1. The van der Waals surface area contributed by atoms with E-state index in [2.05, 4.69) is 55.8 Å². The van der Waals surface area contributed by atoms with Crippen LogP contribution in [0.5, 0.6) is 5.75 Å². The zero-order valence-electron chi connectivity index (χ0n) is 19.3. The number of nitrogens with one attached hydrogen (secondary N) is 1. The van der Waals surface area contributed by atoms with E-state index in [9.17, 15) is 4.79 Å². The van der Waals surface area contributed by atoms with Gasteiger partial charge in [-0.15, -0.1) is 0 Å². The van der Waals surface area contributed by atoms with Gasteiger partial charge >= 0.3 is 0 Å². The lowest BCUT2D eigenvalue weighted by Gasteiger charge is -2.14. The largest absolute Gasteiger partial charge is 0.494 e. The van der Waals surface area contributed by atoms with Crippen LogP contribution in [0.4, 0.5) is 0 Å². The van der Waals surface area contributed by atoms with Gasteiger partial charge < -0.3 is 14.6 Å². The highest BCUT2D eigenvalue weighted by Crippen LogP contribution is 2.19. The van der Waals surface area contributed by atoms with Gasteiger partial charge in [0.05, 0.1) is 24.2 Å². The van der Waals surface area contributed by atoms with Gasteiger partial charge in [0.1, 0.15) is 11.6 Å². The minimum Gasteiger partial charge on any atom is -0.494 e. The summed E-state index contributed by atoms with van der Waals surface area (Å²) in [5.74, 6) is 2.03. The summed E-state index contributed by atoms with van der Waals surface area (Å²) in [5.41, 5.74) is 4.62. The topological polar surface area (TPSA) is 56.2 Å².